The second-order valence-corrected chi connectivity index (χ2v) is 6.06. The van der Waals surface area contributed by atoms with Crippen molar-refractivity contribution in [2.24, 2.45) is 0 Å². The molecule has 0 saturated carbocycles. The van der Waals surface area contributed by atoms with Gasteiger partial charge < -0.3 is 0 Å². The van der Waals surface area contributed by atoms with Gasteiger partial charge in [-0.1, -0.05) is 44.2 Å². The summed E-state index contributed by atoms with van der Waals surface area (Å²) in [6, 6.07) is 12.6. The van der Waals surface area contributed by atoms with Crippen LogP contribution in [0, 0.1) is 0 Å². The normalized spacial score (nSPS) is 12.1. The number of benzene rings is 1. The largest absolute Gasteiger partial charge is 0.263 e. The summed E-state index contributed by atoms with van der Waals surface area (Å²) in [7, 11) is 0. The lowest BCUT2D eigenvalue weighted by Gasteiger charge is -2.23. The van der Waals surface area contributed by atoms with Gasteiger partial charge in [0.1, 0.15) is 0 Å². The minimum Gasteiger partial charge on any atom is -0.263 e. The average Bonchev–Trinajstić information content (AvgIpc) is 2.74. The lowest BCUT2D eigenvalue weighted by Crippen LogP contribution is -2.25. The number of aromatic nitrogens is 2. The maximum absolute atomic E-state index is 4.79. The lowest BCUT2D eigenvalue weighted by molar-refractivity contribution is 0.339. The maximum Gasteiger partial charge on any atom is 0.0926 e. The summed E-state index contributed by atoms with van der Waals surface area (Å²) in [6.07, 6.45) is 0. The third kappa shape index (κ3) is 2.47. The van der Waals surface area contributed by atoms with Crippen LogP contribution in [-0.4, -0.2) is 9.78 Å². The molecular weight excluding hydrogens is 220 g/mol. The number of hydrogen-bond donors (Lipinski definition) is 0. The van der Waals surface area contributed by atoms with Crippen LogP contribution in [0.2, 0.25) is 0 Å². The van der Waals surface area contributed by atoms with E-state index in [0.29, 0.717) is 5.92 Å². The monoisotopic (exact) mass is 242 g/mol. The Morgan fingerprint density at radius 3 is 2.11 bits per heavy atom. The molecule has 2 nitrogen and oxygen atoms in total. The van der Waals surface area contributed by atoms with Gasteiger partial charge in [0.2, 0.25) is 0 Å². The topological polar surface area (TPSA) is 17.8 Å². The minimum atomic E-state index is 0.0205. The molecule has 0 bridgehead atoms. The van der Waals surface area contributed by atoms with E-state index in [1.54, 1.807) is 0 Å². The molecule has 1 aromatic heterocycles. The molecule has 2 aromatic rings. The van der Waals surface area contributed by atoms with Gasteiger partial charge in [-0.2, -0.15) is 5.10 Å². The molecule has 1 heterocycles. The highest BCUT2D eigenvalue weighted by Gasteiger charge is 2.21. The van der Waals surface area contributed by atoms with Crippen molar-refractivity contribution in [2.75, 3.05) is 0 Å². The summed E-state index contributed by atoms with van der Waals surface area (Å²) < 4.78 is 2.15. The van der Waals surface area contributed by atoms with Crippen molar-refractivity contribution in [2.45, 2.75) is 46.1 Å². The van der Waals surface area contributed by atoms with Gasteiger partial charge in [0.05, 0.1) is 11.2 Å². The molecule has 2 rings (SSSR count). The van der Waals surface area contributed by atoms with Crippen LogP contribution in [0.3, 0.4) is 0 Å². The molecule has 0 radical (unpaired) electrons. The maximum atomic E-state index is 4.79. The lowest BCUT2D eigenvalue weighted by atomic mass is 10.0. The van der Waals surface area contributed by atoms with E-state index in [-0.39, 0.29) is 5.54 Å². The number of rotatable bonds is 2. The number of hydrogen-bond acceptors (Lipinski definition) is 1. The molecule has 0 aliphatic heterocycles. The van der Waals surface area contributed by atoms with Crippen LogP contribution in [-0.2, 0) is 5.54 Å². The molecule has 1 aromatic carbocycles. The second-order valence-electron chi connectivity index (χ2n) is 6.06. The Kier molecular flexibility index (Phi) is 3.29. The van der Waals surface area contributed by atoms with Gasteiger partial charge in [-0.15, -0.1) is 0 Å². The van der Waals surface area contributed by atoms with Gasteiger partial charge in [0, 0.05) is 11.3 Å². The van der Waals surface area contributed by atoms with Gasteiger partial charge >= 0.3 is 0 Å². The molecule has 96 valence electrons. The molecule has 0 saturated heterocycles. The summed E-state index contributed by atoms with van der Waals surface area (Å²) in [5, 5.41) is 4.79. The fourth-order valence-corrected chi connectivity index (χ4v) is 2.09. The summed E-state index contributed by atoms with van der Waals surface area (Å²) in [5.41, 5.74) is 3.56. The summed E-state index contributed by atoms with van der Waals surface area (Å²) in [4.78, 5) is 0. The van der Waals surface area contributed by atoms with E-state index >= 15 is 0 Å². The van der Waals surface area contributed by atoms with Crippen LogP contribution in [0.15, 0.2) is 36.4 Å². The van der Waals surface area contributed by atoms with Crippen molar-refractivity contribution in [1.29, 1.82) is 0 Å². The Morgan fingerprint density at radius 1 is 1.06 bits per heavy atom. The van der Waals surface area contributed by atoms with Crippen molar-refractivity contribution in [3.8, 4) is 11.3 Å². The van der Waals surface area contributed by atoms with E-state index in [0.717, 1.165) is 5.69 Å². The first-order valence-electron chi connectivity index (χ1n) is 6.55. The Labute approximate surface area is 110 Å². The van der Waals surface area contributed by atoms with Crippen molar-refractivity contribution in [3.63, 3.8) is 0 Å². The highest BCUT2D eigenvalue weighted by atomic mass is 15.3. The zero-order valence-corrected chi connectivity index (χ0v) is 11.9. The van der Waals surface area contributed by atoms with E-state index in [1.165, 1.54) is 11.3 Å². The molecule has 0 N–H and O–H groups in total. The molecular formula is C16H22N2. The molecule has 0 atom stereocenters. The Balaban J connectivity index is 2.53. The molecule has 0 unspecified atom stereocenters. The first kappa shape index (κ1) is 12.9. The zero-order valence-electron chi connectivity index (χ0n) is 11.9. The Hall–Kier alpha value is -1.57. The van der Waals surface area contributed by atoms with E-state index < -0.39 is 0 Å². The third-order valence-electron chi connectivity index (χ3n) is 3.03. The van der Waals surface area contributed by atoms with Crippen LogP contribution < -0.4 is 0 Å². The van der Waals surface area contributed by atoms with Crippen LogP contribution in [0.1, 0.15) is 46.2 Å². The summed E-state index contributed by atoms with van der Waals surface area (Å²) in [5.74, 6) is 0.481. The van der Waals surface area contributed by atoms with E-state index in [9.17, 15) is 0 Å². The van der Waals surface area contributed by atoms with E-state index in [4.69, 9.17) is 5.10 Å². The van der Waals surface area contributed by atoms with Gasteiger partial charge in [0.15, 0.2) is 0 Å². The quantitative estimate of drug-likeness (QED) is 0.761. The first-order chi connectivity index (χ1) is 8.39. The predicted molar refractivity (Wildman–Crippen MR) is 76.7 cm³/mol. The van der Waals surface area contributed by atoms with E-state index in [1.807, 2.05) is 6.07 Å². The van der Waals surface area contributed by atoms with Gasteiger partial charge in [-0.3, -0.25) is 4.68 Å². The molecule has 0 aliphatic rings. The standard InChI is InChI=1S/C16H22N2/c1-12(2)15-11-14(13-9-7-6-8-10-13)17-18(15)16(3,4)5/h6-12H,1-5H3. The smallest absolute Gasteiger partial charge is 0.0926 e. The predicted octanol–water partition coefficient (Wildman–Crippen LogP) is 4.43. The van der Waals surface area contributed by atoms with Crippen LogP contribution in [0.5, 0.6) is 0 Å². The molecule has 0 fully saturated rings. The molecule has 0 amide bonds. The van der Waals surface area contributed by atoms with Crippen LogP contribution in [0.25, 0.3) is 11.3 Å². The number of nitrogens with zero attached hydrogens (tertiary/aromatic N) is 2. The van der Waals surface area contributed by atoms with Crippen LogP contribution >= 0.6 is 0 Å². The fraction of sp³-hybridized carbons (Fsp3) is 0.438. The summed E-state index contributed by atoms with van der Waals surface area (Å²) in [6.45, 7) is 11.0. The van der Waals surface area contributed by atoms with Crippen molar-refractivity contribution < 1.29 is 0 Å². The summed E-state index contributed by atoms with van der Waals surface area (Å²) >= 11 is 0. The molecule has 0 aliphatic carbocycles. The van der Waals surface area contributed by atoms with Crippen molar-refractivity contribution in [3.05, 3.63) is 42.1 Å². The first-order valence-corrected chi connectivity index (χ1v) is 6.55. The Morgan fingerprint density at radius 2 is 1.67 bits per heavy atom. The molecule has 2 heteroatoms. The highest BCUT2D eigenvalue weighted by molar-refractivity contribution is 5.59. The molecule has 18 heavy (non-hydrogen) atoms. The fourth-order valence-electron chi connectivity index (χ4n) is 2.09. The van der Waals surface area contributed by atoms with Crippen LogP contribution in [0.4, 0.5) is 0 Å². The van der Waals surface area contributed by atoms with Gasteiger partial charge in [0.25, 0.3) is 0 Å². The van der Waals surface area contributed by atoms with Gasteiger partial charge in [-0.25, -0.2) is 0 Å². The SMILES string of the molecule is CC(C)c1cc(-c2ccccc2)nn1C(C)(C)C. The average molecular weight is 242 g/mol. The van der Waals surface area contributed by atoms with Gasteiger partial charge in [-0.05, 0) is 32.8 Å². The third-order valence-corrected chi connectivity index (χ3v) is 3.03. The highest BCUT2D eigenvalue weighted by Crippen LogP contribution is 2.27. The minimum absolute atomic E-state index is 0.0205. The molecule has 0 spiro atoms. The Bertz CT molecular complexity index is 516. The zero-order chi connectivity index (χ0) is 13.3. The van der Waals surface area contributed by atoms with E-state index in [2.05, 4.69) is 69.6 Å². The van der Waals surface area contributed by atoms with Crippen molar-refractivity contribution in [1.82, 2.24) is 9.78 Å². The second kappa shape index (κ2) is 4.60. The van der Waals surface area contributed by atoms with Crippen molar-refractivity contribution >= 4 is 0 Å².